The summed E-state index contributed by atoms with van der Waals surface area (Å²) < 4.78 is 33.6. The van der Waals surface area contributed by atoms with Gasteiger partial charge in [0.2, 0.25) is 5.91 Å². The summed E-state index contributed by atoms with van der Waals surface area (Å²) in [6.45, 7) is 5.94. The highest BCUT2D eigenvalue weighted by Crippen LogP contribution is 2.45. The molecular weight excluding hydrogens is 316 g/mol. The second-order valence-corrected chi connectivity index (χ2v) is 6.89. The topological polar surface area (TPSA) is 67.0 Å². The lowest BCUT2D eigenvalue weighted by molar-refractivity contribution is -0.116. The van der Waals surface area contributed by atoms with Crippen LogP contribution in [0.1, 0.15) is 49.9 Å². The van der Waals surface area contributed by atoms with Gasteiger partial charge in [0.15, 0.2) is 17.5 Å². The highest BCUT2D eigenvalue weighted by atomic mass is 19.2. The van der Waals surface area contributed by atoms with Gasteiger partial charge in [-0.05, 0) is 12.1 Å². The van der Waals surface area contributed by atoms with Crippen LogP contribution in [0.3, 0.4) is 0 Å². The van der Waals surface area contributed by atoms with Gasteiger partial charge >= 0.3 is 0 Å². The van der Waals surface area contributed by atoms with Crippen LogP contribution < -0.4 is 10.1 Å². The minimum atomic E-state index is -0.999. The number of fused-ring (bicyclic) bond motifs is 1. The summed E-state index contributed by atoms with van der Waals surface area (Å²) in [4.78, 5) is 12.0. The molecule has 1 unspecified atom stereocenters. The number of ether oxygens (including phenoxy) is 1. The van der Waals surface area contributed by atoms with Crippen molar-refractivity contribution >= 4 is 11.7 Å². The Hall–Kier alpha value is -2.44. The number of carbonyl (C=O) groups excluding carboxylic acids is 1. The van der Waals surface area contributed by atoms with E-state index in [2.05, 4.69) is 15.5 Å². The van der Waals surface area contributed by atoms with Crippen LogP contribution in [-0.2, 0) is 10.2 Å². The molecule has 0 spiro atoms. The first kappa shape index (κ1) is 16.4. The van der Waals surface area contributed by atoms with Gasteiger partial charge in [0.05, 0.1) is 7.11 Å². The van der Waals surface area contributed by atoms with Crippen molar-refractivity contribution in [3.05, 3.63) is 40.6 Å². The number of anilines is 1. The van der Waals surface area contributed by atoms with Gasteiger partial charge in [0, 0.05) is 34.6 Å². The molecule has 0 saturated heterocycles. The van der Waals surface area contributed by atoms with Crippen molar-refractivity contribution in [2.24, 2.45) is 0 Å². The molecule has 0 radical (unpaired) electrons. The fourth-order valence-electron chi connectivity index (χ4n) is 3.13. The summed E-state index contributed by atoms with van der Waals surface area (Å²) in [5.41, 5.74) is 1.18. The number of aromatic nitrogens is 2. The van der Waals surface area contributed by atoms with Crippen molar-refractivity contribution in [3.8, 4) is 5.75 Å². The lowest BCUT2D eigenvalue weighted by Crippen LogP contribution is -2.26. The summed E-state index contributed by atoms with van der Waals surface area (Å²) in [5, 5.41) is 9.75. The van der Waals surface area contributed by atoms with Crippen molar-refractivity contribution in [1.82, 2.24) is 10.2 Å². The Bertz CT molecular complexity index is 809. The van der Waals surface area contributed by atoms with Gasteiger partial charge < -0.3 is 10.1 Å². The molecule has 2 heterocycles. The van der Waals surface area contributed by atoms with E-state index in [0.717, 1.165) is 11.8 Å². The maximum atomic E-state index is 14.6. The van der Waals surface area contributed by atoms with E-state index in [0.29, 0.717) is 11.4 Å². The van der Waals surface area contributed by atoms with Crippen LogP contribution in [0.4, 0.5) is 14.6 Å². The van der Waals surface area contributed by atoms with E-state index < -0.39 is 17.6 Å². The Kier molecular flexibility index (Phi) is 3.81. The molecule has 1 amide bonds. The van der Waals surface area contributed by atoms with E-state index >= 15 is 0 Å². The third-order valence-corrected chi connectivity index (χ3v) is 4.21. The summed E-state index contributed by atoms with van der Waals surface area (Å²) >= 11 is 0. The molecule has 1 aromatic carbocycles. The fraction of sp³-hybridized carbons (Fsp3) is 0.412. The standard InChI is InChI=1S/C17H19F2N3O2/c1-17(2,3)15-13-8(7-11(23)20-16(13)22-21-15)12-10(24-4)6-5-9(18)14(12)19/h5-6,8H,7H2,1-4H3,(H2,20,21,22,23). The molecule has 0 saturated carbocycles. The number of nitrogens with zero attached hydrogens (tertiary/aromatic N) is 1. The smallest absolute Gasteiger partial charge is 0.226 e. The molecule has 24 heavy (non-hydrogen) atoms. The Morgan fingerprint density at radius 3 is 2.58 bits per heavy atom. The molecule has 0 bridgehead atoms. The molecule has 5 nitrogen and oxygen atoms in total. The van der Waals surface area contributed by atoms with E-state index in [1.165, 1.54) is 13.2 Å². The Morgan fingerprint density at radius 2 is 1.96 bits per heavy atom. The third kappa shape index (κ3) is 2.53. The van der Waals surface area contributed by atoms with Gasteiger partial charge in [-0.25, -0.2) is 8.78 Å². The van der Waals surface area contributed by atoms with Crippen LogP contribution in [0, 0.1) is 11.6 Å². The highest BCUT2D eigenvalue weighted by molar-refractivity contribution is 5.94. The van der Waals surface area contributed by atoms with Crippen LogP contribution in [0.25, 0.3) is 0 Å². The van der Waals surface area contributed by atoms with Crippen molar-refractivity contribution in [2.75, 3.05) is 12.4 Å². The van der Waals surface area contributed by atoms with Gasteiger partial charge in [-0.2, -0.15) is 5.10 Å². The van der Waals surface area contributed by atoms with E-state index in [4.69, 9.17) is 4.74 Å². The summed E-state index contributed by atoms with van der Waals surface area (Å²) in [6.07, 6.45) is -0.00759. The molecule has 0 aliphatic carbocycles. The Labute approximate surface area is 138 Å². The van der Waals surface area contributed by atoms with E-state index in [1.807, 2.05) is 20.8 Å². The number of hydrogen-bond acceptors (Lipinski definition) is 3. The van der Waals surface area contributed by atoms with Gasteiger partial charge in [-0.3, -0.25) is 9.89 Å². The largest absolute Gasteiger partial charge is 0.496 e. The minimum Gasteiger partial charge on any atom is -0.496 e. The van der Waals surface area contributed by atoms with Crippen molar-refractivity contribution in [1.29, 1.82) is 0 Å². The van der Waals surface area contributed by atoms with Crippen molar-refractivity contribution in [2.45, 2.75) is 38.5 Å². The normalized spacial score (nSPS) is 17.4. The van der Waals surface area contributed by atoms with Gasteiger partial charge in [0.25, 0.3) is 0 Å². The minimum absolute atomic E-state index is 0.00759. The average molecular weight is 335 g/mol. The zero-order valence-electron chi connectivity index (χ0n) is 14.0. The molecule has 2 aromatic rings. The first-order chi connectivity index (χ1) is 11.2. The number of aromatic amines is 1. The Balaban J connectivity index is 2.27. The van der Waals surface area contributed by atoms with Crippen molar-refractivity contribution in [3.63, 3.8) is 0 Å². The predicted octanol–water partition coefficient (Wildman–Crippen LogP) is 3.47. The number of nitrogens with one attached hydrogen (secondary N) is 2. The van der Waals surface area contributed by atoms with Gasteiger partial charge in [-0.15, -0.1) is 0 Å². The van der Waals surface area contributed by atoms with Crippen LogP contribution in [0.15, 0.2) is 12.1 Å². The zero-order valence-corrected chi connectivity index (χ0v) is 14.0. The molecule has 0 fully saturated rings. The number of amides is 1. The number of halogens is 2. The predicted molar refractivity (Wildman–Crippen MR) is 85.3 cm³/mol. The number of methoxy groups -OCH3 is 1. The first-order valence-corrected chi connectivity index (χ1v) is 7.64. The number of rotatable bonds is 2. The highest BCUT2D eigenvalue weighted by Gasteiger charge is 2.38. The maximum absolute atomic E-state index is 14.6. The quantitative estimate of drug-likeness (QED) is 0.883. The van der Waals surface area contributed by atoms with Crippen LogP contribution in [-0.4, -0.2) is 23.2 Å². The second-order valence-electron chi connectivity index (χ2n) is 6.89. The van der Waals surface area contributed by atoms with Gasteiger partial charge in [-0.1, -0.05) is 20.8 Å². The SMILES string of the molecule is COc1ccc(F)c(F)c1C1CC(=O)Nc2n[nH]c(C(C)(C)C)c21. The molecule has 7 heteroatoms. The fourth-order valence-corrected chi connectivity index (χ4v) is 3.13. The molecule has 1 aliphatic heterocycles. The molecule has 1 aromatic heterocycles. The molecule has 2 N–H and O–H groups in total. The van der Waals surface area contributed by atoms with Crippen molar-refractivity contribution < 1.29 is 18.3 Å². The lowest BCUT2D eigenvalue weighted by Gasteiger charge is -2.28. The molecule has 3 rings (SSSR count). The first-order valence-electron chi connectivity index (χ1n) is 7.64. The molecule has 128 valence electrons. The lowest BCUT2D eigenvalue weighted by atomic mass is 9.79. The van der Waals surface area contributed by atoms with E-state index in [1.54, 1.807) is 0 Å². The maximum Gasteiger partial charge on any atom is 0.226 e. The summed E-state index contributed by atoms with van der Waals surface area (Å²) in [6, 6.07) is 2.39. The van der Waals surface area contributed by atoms with E-state index in [-0.39, 0.29) is 29.1 Å². The summed E-state index contributed by atoms with van der Waals surface area (Å²) in [5.74, 6) is -2.38. The monoisotopic (exact) mass is 335 g/mol. The van der Waals surface area contributed by atoms with Crippen LogP contribution in [0.5, 0.6) is 5.75 Å². The second kappa shape index (κ2) is 5.58. The number of benzene rings is 1. The zero-order chi connectivity index (χ0) is 17.6. The Morgan fingerprint density at radius 1 is 1.25 bits per heavy atom. The number of H-pyrrole nitrogens is 1. The van der Waals surface area contributed by atoms with Crippen LogP contribution >= 0.6 is 0 Å². The third-order valence-electron chi connectivity index (χ3n) is 4.21. The van der Waals surface area contributed by atoms with Crippen LogP contribution in [0.2, 0.25) is 0 Å². The molecular formula is C17H19F2N3O2. The number of carbonyl (C=O) groups is 1. The number of hydrogen-bond donors (Lipinski definition) is 2. The van der Waals surface area contributed by atoms with Gasteiger partial charge in [0.1, 0.15) is 5.75 Å². The van der Waals surface area contributed by atoms with E-state index in [9.17, 15) is 13.6 Å². The molecule has 1 aliphatic rings. The summed E-state index contributed by atoms with van der Waals surface area (Å²) in [7, 11) is 1.39. The molecule has 1 atom stereocenters. The average Bonchev–Trinajstić information content (AvgIpc) is 2.93.